The van der Waals surface area contributed by atoms with E-state index in [0.29, 0.717) is 24.3 Å². The van der Waals surface area contributed by atoms with Crippen LogP contribution in [0.2, 0.25) is 0 Å². The molecule has 0 aliphatic carbocycles. The summed E-state index contributed by atoms with van der Waals surface area (Å²) in [7, 11) is 0. The van der Waals surface area contributed by atoms with Gasteiger partial charge in [-0.05, 0) is 38.0 Å². The molecule has 0 radical (unpaired) electrons. The van der Waals surface area contributed by atoms with Gasteiger partial charge in [0.05, 0.1) is 23.4 Å². The Morgan fingerprint density at radius 2 is 1.86 bits per heavy atom. The van der Waals surface area contributed by atoms with Crippen molar-refractivity contribution in [2.75, 3.05) is 13.1 Å². The van der Waals surface area contributed by atoms with E-state index in [2.05, 4.69) is 15.7 Å². The lowest BCUT2D eigenvalue weighted by atomic mass is 10.0. The molecule has 8 heteroatoms. The van der Waals surface area contributed by atoms with Crippen molar-refractivity contribution in [3.63, 3.8) is 0 Å². The normalized spacial score (nSPS) is 11.4. The summed E-state index contributed by atoms with van der Waals surface area (Å²) in [5.74, 6) is -0.111. The van der Waals surface area contributed by atoms with Gasteiger partial charge >= 0.3 is 0 Å². The number of fused-ring (bicyclic) bond motifs is 1. The van der Waals surface area contributed by atoms with Crippen molar-refractivity contribution < 1.29 is 14.0 Å². The largest absolute Gasteiger partial charge is 0.459 e. The number of hydrogen-bond acceptors (Lipinski definition) is 5. The van der Waals surface area contributed by atoms with Crippen LogP contribution in [0.4, 0.5) is 0 Å². The minimum atomic E-state index is -0.314. The summed E-state index contributed by atoms with van der Waals surface area (Å²) in [6, 6.07) is 5.19. The molecule has 0 aliphatic heterocycles. The Bertz CT molecular complexity index is 973. The second-order valence-electron chi connectivity index (χ2n) is 7.16. The first-order valence-electron chi connectivity index (χ1n) is 9.36. The topological polar surface area (TPSA) is 102 Å². The maximum atomic E-state index is 12.8. The van der Waals surface area contributed by atoms with Gasteiger partial charge in [0.15, 0.2) is 11.4 Å². The first-order valence-corrected chi connectivity index (χ1v) is 9.36. The molecule has 3 rings (SSSR count). The first kappa shape index (κ1) is 19.6. The number of pyridine rings is 1. The zero-order valence-corrected chi connectivity index (χ0v) is 16.5. The van der Waals surface area contributed by atoms with E-state index in [1.165, 1.54) is 6.26 Å². The fourth-order valence-electron chi connectivity index (χ4n) is 2.84. The average molecular weight is 383 g/mol. The molecule has 3 heterocycles. The Balaban J connectivity index is 1.72. The second-order valence-corrected chi connectivity index (χ2v) is 7.16. The number of aromatic nitrogens is 3. The third-order valence-corrected chi connectivity index (χ3v) is 4.35. The molecule has 0 bridgehead atoms. The van der Waals surface area contributed by atoms with Gasteiger partial charge < -0.3 is 15.1 Å². The summed E-state index contributed by atoms with van der Waals surface area (Å²) in [6.07, 6.45) is 3.12. The van der Waals surface area contributed by atoms with Crippen LogP contribution >= 0.6 is 0 Å². The van der Waals surface area contributed by atoms with Gasteiger partial charge in [-0.2, -0.15) is 5.10 Å². The zero-order chi connectivity index (χ0) is 20.3. The SMILES string of the molecule is CC(C)c1cc(C(=O)NCCNC(=O)c2ccco2)c2cnn(C(C)C)c2n1. The van der Waals surface area contributed by atoms with E-state index >= 15 is 0 Å². The van der Waals surface area contributed by atoms with Crippen molar-refractivity contribution >= 4 is 22.8 Å². The van der Waals surface area contributed by atoms with Crippen LogP contribution in [0, 0.1) is 0 Å². The lowest BCUT2D eigenvalue weighted by molar-refractivity contribution is 0.0911. The fraction of sp³-hybridized carbons (Fsp3) is 0.400. The van der Waals surface area contributed by atoms with Crippen molar-refractivity contribution in [1.29, 1.82) is 0 Å². The molecular weight excluding hydrogens is 358 g/mol. The number of rotatable bonds is 7. The summed E-state index contributed by atoms with van der Waals surface area (Å²) >= 11 is 0. The van der Waals surface area contributed by atoms with E-state index < -0.39 is 0 Å². The van der Waals surface area contributed by atoms with Crippen molar-refractivity contribution in [3.8, 4) is 0 Å². The van der Waals surface area contributed by atoms with E-state index in [1.54, 1.807) is 18.3 Å². The van der Waals surface area contributed by atoms with Crippen LogP contribution in [0.25, 0.3) is 11.0 Å². The highest BCUT2D eigenvalue weighted by molar-refractivity contribution is 6.05. The van der Waals surface area contributed by atoms with Crippen LogP contribution in [0.1, 0.15) is 66.3 Å². The fourth-order valence-corrected chi connectivity index (χ4v) is 2.84. The lowest BCUT2D eigenvalue weighted by Crippen LogP contribution is -2.34. The Morgan fingerprint density at radius 1 is 1.14 bits per heavy atom. The Morgan fingerprint density at radius 3 is 2.46 bits per heavy atom. The maximum Gasteiger partial charge on any atom is 0.287 e. The summed E-state index contributed by atoms with van der Waals surface area (Å²) in [5, 5.41) is 10.7. The van der Waals surface area contributed by atoms with Crippen LogP contribution < -0.4 is 10.6 Å². The predicted molar refractivity (Wildman–Crippen MR) is 105 cm³/mol. The Labute approximate surface area is 163 Å². The van der Waals surface area contributed by atoms with Crippen molar-refractivity contribution in [2.24, 2.45) is 0 Å². The smallest absolute Gasteiger partial charge is 0.287 e. The highest BCUT2D eigenvalue weighted by Gasteiger charge is 2.18. The zero-order valence-electron chi connectivity index (χ0n) is 16.5. The van der Waals surface area contributed by atoms with Crippen LogP contribution in [0.3, 0.4) is 0 Å². The maximum absolute atomic E-state index is 12.8. The second kappa shape index (κ2) is 8.24. The molecule has 3 aromatic heterocycles. The molecular formula is C20H25N5O3. The Kier molecular flexibility index (Phi) is 5.77. The quantitative estimate of drug-likeness (QED) is 0.611. The van der Waals surface area contributed by atoms with Crippen molar-refractivity contribution in [1.82, 2.24) is 25.4 Å². The van der Waals surface area contributed by atoms with Gasteiger partial charge in [-0.15, -0.1) is 0 Å². The number of nitrogens with zero attached hydrogens (tertiary/aromatic N) is 3. The monoisotopic (exact) mass is 383 g/mol. The van der Waals surface area contributed by atoms with Gasteiger partial charge in [0.1, 0.15) is 0 Å². The molecule has 0 spiro atoms. The summed E-state index contributed by atoms with van der Waals surface area (Å²) in [4.78, 5) is 29.3. The Hall–Kier alpha value is -3.16. The molecule has 0 atom stereocenters. The minimum Gasteiger partial charge on any atom is -0.459 e. The van der Waals surface area contributed by atoms with Crippen LogP contribution in [0.5, 0.6) is 0 Å². The van der Waals surface area contributed by atoms with Crippen LogP contribution in [-0.4, -0.2) is 39.7 Å². The molecule has 2 amide bonds. The summed E-state index contributed by atoms with van der Waals surface area (Å²) < 4.78 is 6.85. The van der Waals surface area contributed by atoms with Gasteiger partial charge in [-0.1, -0.05) is 13.8 Å². The number of nitrogens with one attached hydrogen (secondary N) is 2. The number of hydrogen-bond donors (Lipinski definition) is 2. The molecule has 3 aromatic rings. The standard InChI is InChI=1S/C20H25N5O3/c1-12(2)16-10-14(15-11-23-25(13(3)4)18(15)24-16)19(26)21-7-8-22-20(27)17-6-5-9-28-17/h5-6,9-13H,7-8H2,1-4H3,(H,21,26)(H,22,27). The molecule has 0 unspecified atom stereocenters. The molecule has 0 saturated carbocycles. The summed E-state index contributed by atoms with van der Waals surface area (Å²) in [6.45, 7) is 8.72. The summed E-state index contributed by atoms with van der Waals surface area (Å²) in [5.41, 5.74) is 2.08. The predicted octanol–water partition coefficient (Wildman–Crippen LogP) is 2.89. The van der Waals surface area contributed by atoms with Crippen LogP contribution in [-0.2, 0) is 0 Å². The molecule has 0 saturated heterocycles. The lowest BCUT2D eigenvalue weighted by Gasteiger charge is -2.12. The number of carbonyl (C=O) groups is 2. The molecule has 8 nitrogen and oxygen atoms in total. The number of furan rings is 1. The molecule has 2 N–H and O–H groups in total. The first-order chi connectivity index (χ1) is 13.4. The van der Waals surface area contributed by atoms with E-state index in [0.717, 1.165) is 11.1 Å². The van der Waals surface area contributed by atoms with Crippen molar-refractivity contribution in [3.05, 3.63) is 47.7 Å². The molecule has 0 fully saturated rings. The highest BCUT2D eigenvalue weighted by atomic mass is 16.3. The van der Waals surface area contributed by atoms with Crippen LogP contribution in [0.15, 0.2) is 35.1 Å². The van der Waals surface area contributed by atoms with Gasteiger partial charge in [-0.25, -0.2) is 9.67 Å². The minimum absolute atomic E-state index is 0.139. The molecule has 148 valence electrons. The third-order valence-electron chi connectivity index (χ3n) is 4.35. The van der Waals surface area contributed by atoms with Gasteiger partial charge in [0.25, 0.3) is 11.8 Å². The molecule has 28 heavy (non-hydrogen) atoms. The van der Waals surface area contributed by atoms with E-state index in [1.807, 2.05) is 38.4 Å². The number of carbonyl (C=O) groups excluding carboxylic acids is 2. The highest BCUT2D eigenvalue weighted by Crippen LogP contribution is 2.24. The van der Waals surface area contributed by atoms with Gasteiger partial charge in [-0.3, -0.25) is 9.59 Å². The van der Waals surface area contributed by atoms with Gasteiger partial charge in [0.2, 0.25) is 0 Å². The average Bonchev–Trinajstić information content (AvgIpc) is 3.33. The molecule has 0 aliphatic rings. The number of amides is 2. The molecule has 0 aromatic carbocycles. The van der Waals surface area contributed by atoms with E-state index in [-0.39, 0.29) is 29.5 Å². The van der Waals surface area contributed by atoms with E-state index in [4.69, 9.17) is 9.40 Å². The van der Waals surface area contributed by atoms with Gasteiger partial charge in [0, 0.05) is 24.8 Å². The van der Waals surface area contributed by atoms with E-state index in [9.17, 15) is 9.59 Å². The van der Waals surface area contributed by atoms with Crippen molar-refractivity contribution in [2.45, 2.75) is 39.7 Å². The third kappa shape index (κ3) is 4.05.